The number of amides is 2. The zero-order chi connectivity index (χ0) is 16.2. The van der Waals surface area contributed by atoms with Gasteiger partial charge in [-0.3, -0.25) is 9.59 Å². The van der Waals surface area contributed by atoms with Crippen molar-refractivity contribution in [1.82, 2.24) is 0 Å². The van der Waals surface area contributed by atoms with Crippen LogP contribution in [0.4, 0.5) is 11.4 Å². The van der Waals surface area contributed by atoms with E-state index in [2.05, 4.69) is 17.6 Å². The highest BCUT2D eigenvalue weighted by molar-refractivity contribution is 6.03. The minimum atomic E-state index is -0.232. The number of hydrogen-bond acceptors (Lipinski definition) is 2. The molecule has 118 valence electrons. The summed E-state index contributed by atoms with van der Waals surface area (Å²) in [6.45, 7) is 2.09. The van der Waals surface area contributed by atoms with E-state index in [1.807, 2.05) is 54.6 Å². The van der Waals surface area contributed by atoms with Crippen LogP contribution in [0.3, 0.4) is 0 Å². The SMILES string of the molecule is CCc1ccc(NC(=O)C2CC2C(=O)Nc2ccccc2)cc1. The van der Waals surface area contributed by atoms with E-state index in [4.69, 9.17) is 0 Å². The van der Waals surface area contributed by atoms with Crippen LogP contribution in [-0.2, 0) is 16.0 Å². The summed E-state index contributed by atoms with van der Waals surface area (Å²) in [5.41, 5.74) is 2.77. The highest BCUT2D eigenvalue weighted by Crippen LogP contribution is 2.40. The van der Waals surface area contributed by atoms with Gasteiger partial charge in [-0.2, -0.15) is 0 Å². The summed E-state index contributed by atoms with van der Waals surface area (Å²) in [6.07, 6.45) is 1.58. The largest absolute Gasteiger partial charge is 0.326 e. The third kappa shape index (κ3) is 3.77. The van der Waals surface area contributed by atoms with Crippen LogP contribution in [0.15, 0.2) is 54.6 Å². The van der Waals surface area contributed by atoms with Crippen LogP contribution in [0.1, 0.15) is 18.9 Å². The predicted octanol–water partition coefficient (Wildman–Crippen LogP) is 3.46. The van der Waals surface area contributed by atoms with Crippen LogP contribution in [0.5, 0.6) is 0 Å². The van der Waals surface area contributed by atoms with E-state index in [0.717, 1.165) is 17.8 Å². The number of benzene rings is 2. The van der Waals surface area contributed by atoms with Gasteiger partial charge in [0, 0.05) is 11.4 Å². The van der Waals surface area contributed by atoms with E-state index in [1.165, 1.54) is 5.56 Å². The molecule has 0 radical (unpaired) electrons. The van der Waals surface area contributed by atoms with Crippen LogP contribution in [0.25, 0.3) is 0 Å². The molecule has 1 fully saturated rings. The summed E-state index contributed by atoms with van der Waals surface area (Å²) in [5.74, 6) is -0.630. The number of nitrogens with one attached hydrogen (secondary N) is 2. The zero-order valence-corrected chi connectivity index (χ0v) is 13.1. The first-order valence-corrected chi connectivity index (χ1v) is 7.93. The van der Waals surface area contributed by atoms with Gasteiger partial charge < -0.3 is 10.6 Å². The van der Waals surface area contributed by atoms with Crippen molar-refractivity contribution in [2.75, 3.05) is 10.6 Å². The van der Waals surface area contributed by atoms with Gasteiger partial charge in [-0.1, -0.05) is 37.3 Å². The fourth-order valence-corrected chi connectivity index (χ4v) is 2.59. The Hall–Kier alpha value is -2.62. The number of rotatable bonds is 5. The summed E-state index contributed by atoms with van der Waals surface area (Å²) in [6, 6.07) is 17.1. The first-order valence-electron chi connectivity index (χ1n) is 7.93. The second-order valence-corrected chi connectivity index (χ2v) is 5.84. The molecule has 0 spiro atoms. The first-order chi connectivity index (χ1) is 11.2. The van der Waals surface area contributed by atoms with Crippen molar-refractivity contribution in [2.45, 2.75) is 19.8 Å². The number of carbonyl (C=O) groups is 2. The molecular formula is C19H20N2O2. The summed E-state index contributed by atoms with van der Waals surface area (Å²) in [7, 11) is 0. The van der Waals surface area contributed by atoms with E-state index in [9.17, 15) is 9.59 Å². The quantitative estimate of drug-likeness (QED) is 0.888. The van der Waals surface area contributed by atoms with Crippen molar-refractivity contribution in [2.24, 2.45) is 11.8 Å². The lowest BCUT2D eigenvalue weighted by atomic mass is 10.1. The lowest BCUT2D eigenvalue weighted by Crippen LogP contribution is -2.20. The molecule has 2 aromatic carbocycles. The second-order valence-electron chi connectivity index (χ2n) is 5.84. The van der Waals surface area contributed by atoms with E-state index in [0.29, 0.717) is 6.42 Å². The molecule has 1 aliphatic carbocycles. The molecule has 1 saturated carbocycles. The van der Waals surface area contributed by atoms with Gasteiger partial charge in [-0.15, -0.1) is 0 Å². The Morgan fingerprint density at radius 2 is 1.39 bits per heavy atom. The maximum Gasteiger partial charge on any atom is 0.228 e. The van der Waals surface area contributed by atoms with Gasteiger partial charge in [0.05, 0.1) is 11.8 Å². The summed E-state index contributed by atoms with van der Waals surface area (Å²) < 4.78 is 0. The molecule has 2 atom stereocenters. The average molecular weight is 308 g/mol. The smallest absolute Gasteiger partial charge is 0.228 e. The Labute approximate surface area is 135 Å². The molecule has 2 amide bonds. The molecule has 2 N–H and O–H groups in total. The van der Waals surface area contributed by atoms with Gasteiger partial charge in [-0.25, -0.2) is 0 Å². The molecule has 2 aromatic rings. The Morgan fingerprint density at radius 3 is 1.91 bits per heavy atom. The van der Waals surface area contributed by atoms with Gasteiger partial charge in [0.15, 0.2) is 0 Å². The van der Waals surface area contributed by atoms with Crippen molar-refractivity contribution in [1.29, 1.82) is 0 Å². The Bertz CT molecular complexity index is 695. The lowest BCUT2D eigenvalue weighted by molar-refractivity contribution is -0.122. The molecule has 0 saturated heterocycles. The Balaban J connectivity index is 1.53. The highest BCUT2D eigenvalue weighted by atomic mass is 16.2. The van der Waals surface area contributed by atoms with Crippen LogP contribution in [0, 0.1) is 11.8 Å². The number of para-hydroxylation sites is 1. The number of carbonyl (C=O) groups excluding carboxylic acids is 2. The lowest BCUT2D eigenvalue weighted by Gasteiger charge is -2.06. The average Bonchev–Trinajstić information content (AvgIpc) is 3.37. The third-order valence-electron chi connectivity index (χ3n) is 4.14. The normalized spacial score (nSPS) is 19.0. The van der Waals surface area contributed by atoms with Crippen LogP contribution < -0.4 is 10.6 Å². The highest BCUT2D eigenvalue weighted by Gasteiger charge is 2.48. The molecule has 0 heterocycles. The fourth-order valence-electron chi connectivity index (χ4n) is 2.59. The fraction of sp³-hybridized carbons (Fsp3) is 0.263. The maximum absolute atomic E-state index is 12.2. The Kier molecular flexibility index (Phi) is 4.42. The van der Waals surface area contributed by atoms with Crippen LogP contribution in [-0.4, -0.2) is 11.8 Å². The molecular weight excluding hydrogens is 288 g/mol. The monoisotopic (exact) mass is 308 g/mol. The van der Waals surface area contributed by atoms with Gasteiger partial charge >= 0.3 is 0 Å². The number of hydrogen-bond donors (Lipinski definition) is 2. The zero-order valence-electron chi connectivity index (χ0n) is 13.1. The molecule has 23 heavy (non-hydrogen) atoms. The molecule has 1 aliphatic rings. The van der Waals surface area contributed by atoms with E-state index in [-0.39, 0.29) is 23.7 Å². The van der Waals surface area contributed by atoms with Crippen molar-refractivity contribution in [3.63, 3.8) is 0 Å². The number of anilines is 2. The van der Waals surface area contributed by atoms with E-state index < -0.39 is 0 Å². The van der Waals surface area contributed by atoms with Crippen molar-refractivity contribution in [3.8, 4) is 0 Å². The summed E-state index contributed by atoms with van der Waals surface area (Å²) in [5, 5.41) is 5.73. The van der Waals surface area contributed by atoms with Crippen LogP contribution >= 0.6 is 0 Å². The van der Waals surface area contributed by atoms with Gasteiger partial charge in [0.1, 0.15) is 0 Å². The molecule has 0 aromatic heterocycles. The first kappa shape index (κ1) is 15.3. The number of aryl methyl sites for hydroxylation is 1. The summed E-state index contributed by atoms with van der Waals surface area (Å²) in [4.78, 5) is 24.3. The minimum absolute atomic E-state index is 0.0811. The minimum Gasteiger partial charge on any atom is -0.326 e. The van der Waals surface area contributed by atoms with Gasteiger partial charge in [-0.05, 0) is 42.7 Å². The maximum atomic E-state index is 12.2. The third-order valence-corrected chi connectivity index (χ3v) is 4.14. The van der Waals surface area contributed by atoms with E-state index in [1.54, 1.807) is 0 Å². The Morgan fingerprint density at radius 1 is 0.870 bits per heavy atom. The molecule has 3 rings (SSSR count). The molecule has 4 heteroatoms. The van der Waals surface area contributed by atoms with Gasteiger partial charge in [0.2, 0.25) is 11.8 Å². The van der Waals surface area contributed by atoms with Gasteiger partial charge in [0.25, 0.3) is 0 Å². The van der Waals surface area contributed by atoms with Crippen molar-refractivity contribution < 1.29 is 9.59 Å². The van der Waals surface area contributed by atoms with Crippen LogP contribution in [0.2, 0.25) is 0 Å². The van der Waals surface area contributed by atoms with E-state index >= 15 is 0 Å². The standard InChI is InChI=1S/C19H20N2O2/c1-2-13-8-10-15(11-9-13)21-19(23)17-12-16(17)18(22)20-14-6-4-3-5-7-14/h3-11,16-17H,2,12H2,1H3,(H,20,22)(H,21,23). The van der Waals surface area contributed by atoms with Crippen molar-refractivity contribution >= 4 is 23.2 Å². The molecule has 0 aliphatic heterocycles. The topological polar surface area (TPSA) is 58.2 Å². The summed E-state index contributed by atoms with van der Waals surface area (Å²) >= 11 is 0. The second kappa shape index (κ2) is 6.65. The van der Waals surface area contributed by atoms with Crippen molar-refractivity contribution in [3.05, 3.63) is 60.2 Å². The predicted molar refractivity (Wildman–Crippen MR) is 91.1 cm³/mol. The molecule has 0 bridgehead atoms. The molecule has 2 unspecified atom stereocenters. The molecule has 4 nitrogen and oxygen atoms in total.